The van der Waals surface area contributed by atoms with Crippen molar-refractivity contribution in [3.05, 3.63) is 35.7 Å². The van der Waals surface area contributed by atoms with E-state index in [0.717, 1.165) is 17.9 Å². The summed E-state index contributed by atoms with van der Waals surface area (Å²) < 4.78 is 10.7. The number of methoxy groups -OCH3 is 1. The van der Waals surface area contributed by atoms with Crippen molar-refractivity contribution < 1.29 is 9.15 Å². The lowest BCUT2D eigenvalue weighted by molar-refractivity contribution is 0.414. The van der Waals surface area contributed by atoms with Gasteiger partial charge in [0.15, 0.2) is 0 Å². The fraction of sp³-hybridized carbons (Fsp3) is 0.429. The van der Waals surface area contributed by atoms with E-state index in [1.165, 1.54) is 0 Å². The number of anilines is 1. The standard InChI is InChI=1S/C14H20N4O2/c1-4-15-9-13-16-17-14(20-13)18(2)10-11-5-7-12(19-3)8-6-11/h5-8,15H,4,9-10H2,1-3H3. The zero-order chi connectivity index (χ0) is 14.4. The zero-order valence-electron chi connectivity index (χ0n) is 12.1. The average molecular weight is 276 g/mol. The van der Waals surface area contributed by atoms with E-state index in [1.54, 1.807) is 7.11 Å². The highest BCUT2D eigenvalue weighted by atomic mass is 16.5. The average Bonchev–Trinajstić information content (AvgIpc) is 2.95. The van der Waals surface area contributed by atoms with Crippen LogP contribution in [0.3, 0.4) is 0 Å². The summed E-state index contributed by atoms with van der Waals surface area (Å²) in [6.45, 7) is 4.21. The Morgan fingerprint density at radius 3 is 2.65 bits per heavy atom. The fourth-order valence-electron chi connectivity index (χ4n) is 1.77. The third-order valence-electron chi connectivity index (χ3n) is 2.89. The number of rotatable bonds is 7. The van der Waals surface area contributed by atoms with Crippen molar-refractivity contribution in [1.82, 2.24) is 15.5 Å². The van der Waals surface area contributed by atoms with Gasteiger partial charge in [-0.2, -0.15) is 0 Å². The van der Waals surface area contributed by atoms with Gasteiger partial charge >= 0.3 is 6.01 Å². The fourth-order valence-corrected chi connectivity index (χ4v) is 1.77. The first-order valence-electron chi connectivity index (χ1n) is 6.60. The van der Waals surface area contributed by atoms with Gasteiger partial charge in [0, 0.05) is 13.6 Å². The molecule has 0 aliphatic rings. The Bertz CT molecular complexity index is 524. The Labute approximate surface area is 118 Å². The summed E-state index contributed by atoms with van der Waals surface area (Å²) >= 11 is 0. The summed E-state index contributed by atoms with van der Waals surface area (Å²) in [5.41, 5.74) is 1.15. The van der Waals surface area contributed by atoms with Crippen molar-refractivity contribution in [3.8, 4) is 5.75 Å². The first-order chi connectivity index (χ1) is 9.72. The second-order valence-electron chi connectivity index (χ2n) is 4.46. The molecule has 0 fully saturated rings. The lowest BCUT2D eigenvalue weighted by Gasteiger charge is -2.14. The Morgan fingerprint density at radius 1 is 1.25 bits per heavy atom. The SMILES string of the molecule is CCNCc1nnc(N(C)Cc2ccc(OC)cc2)o1. The third kappa shape index (κ3) is 3.71. The quantitative estimate of drug-likeness (QED) is 0.832. The van der Waals surface area contributed by atoms with Crippen LogP contribution in [0, 0.1) is 0 Å². The molecule has 0 aliphatic heterocycles. The Hall–Kier alpha value is -2.08. The number of aromatic nitrogens is 2. The molecule has 2 rings (SSSR count). The molecule has 1 aromatic heterocycles. The van der Waals surface area contributed by atoms with E-state index < -0.39 is 0 Å². The largest absolute Gasteiger partial charge is 0.497 e. The molecule has 6 nitrogen and oxygen atoms in total. The molecule has 6 heteroatoms. The Kier molecular flexibility index (Phi) is 4.95. The van der Waals surface area contributed by atoms with E-state index in [0.29, 0.717) is 25.0 Å². The molecule has 108 valence electrons. The van der Waals surface area contributed by atoms with Crippen molar-refractivity contribution in [1.29, 1.82) is 0 Å². The number of benzene rings is 1. The highest BCUT2D eigenvalue weighted by molar-refractivity contribution is 5.31. The van der Waals surface area contributed by atoms with Crippen LogP contribution in [0.4, 0.5) is 6.01 Å². The lowest BCUT2D eigenvalue weighted by atomic mass is 10.2. The van der Waals surface area contributed by atoms with E-state index >= 15 is 0 Å². The van der Waals surface area contributed by atoms with Crippen molar-refractivity contribution in [2.75, 3.05) is 25.6 Å². The number of ether oxygens (including phenoxy) is 1. The predicted octanol–water partition coefficient (Wildman–Crippen LogP) is 1.82. The molecule has 0 unspecified atom stereocenters. The first-order valence-corrected chi connectivity index (χ1v) is 6.60. The molecule has 0 atom stereocenters. The lowest BCUT2D eigenvalue weighted by Crippen LogP contribution is -2.16. The summed E-state index contributed by atoms with van der Waals surface area (Å²) in [4.78, 5) is 1.92. The van der Waals surface area contributed by atoms with Gasteiger partial charge in [-0.15, -0.1) is 5.10 Å². The molecule has 0 bridgehead atoms. The summed E-state index contributed by atoms with van der Waals surface area (Å²) in [6.07, 6.45) is 0. The van der Waals surface area contributed by atoms with E-state index in [9.17, 15) is 0 Å². The summed E-state index contributed by atoms with van der Waals surface area (Å²) in [7, 11) is 3.58. The molecular weight excluding hydrogens is 256 g/mol. The molecular formula is C14H20N4O2. The predicted molar refractivity (Wildman–Crippen MR) is 76.8 cm³/mol. The monoisotopic (exact) mass is 276 g/mol. The molecule has 0 aliphatic carbocycles. The molecule has 2 aromatic rings. The first kappa shape index (κ1) is 14.3. The Morgan fingerprint density at radius 2 is 2.00 bits per heavy atom. The zero-order valence-corrected chi connectivity index (χ0v) is 12.1. The number of nitrogens with one attached hydrogen (secondary N) is 1. The maximum atomic E-state index is 5.58. The van der Waals surface area contributed by atoms with Gasteiger partial charge in [0.25, 0.3) is 0 Å². The van der Waals surface area contributed by atoms with Crippen molar-refractivity contribution >= 4 is 6.01 Å². The van der Waals surface area contributed by atoms with Crippen LogP contribution in [0.1, 0.15) is 18.4 Å². The number of hydrogen-bond acceptors (Lipinski definition) is 6. The van der Waals surface area contributed by atoms with Crippen LogP contribution >= 0.6 is 0 Å². The van der Waals surface area contributed by atoms with Gasteiger partial charge in [-0.05, 0) is 24.2 Å². The molecule has 1 aromatic carbocycles. The minimum atomic E-state index is 0.522. The van der Waals surface area contributed by atoms with E-state index in [4.69, 9.17) is 9.15 Å². The highest BCUT2D eigenvalue weighted by Crippen LogP contribution is 2.16. The van der Waals surface area contributed by atoms with Crippen LogP contribution in [-0.2, 0) is 13.1 Å². The normalized spacial score (nSPS) is 10.6. The molecule has 0 saturated heterocycles. The molecule has 0 amide bonds. The molecule has 1 N–H and O–H groups in total. The van der Waals surface area contributed by atoms with Crippen LogP contribution in [0.25, 0.3) is 0 Å². The van der Waals surface area contributed by atoms with Crippen LogP contribution in [0.15, 0.2) is 28.7 Å². The van der Waals surface area contributed by atoms with Crippen LogP contribution < -0.4 is 15.0 Å². The number of nitrogens with zero attached hydrogens (tertiary/aromatic N) is 3. The van der Waals surface area contributed by atoms with Crippen LogP contribution in [0.2, 0.25) is 0 Å². The van der Waals surface area contributed by atoms with E-state index in [-0.39, 0.29) is 0 Å². The van der Waals surface area contributed by atoms with Gasteiger partial charge < -0.3 is 19.4 Å². The molecule has 0 radical (unpaired) electrons. The Balaban J connectivity index is 1.96. The van der Waals surface area contributed by atoms with Gasteiger partial charge in [-0.25, -0.2) is 0 Å². The minimum absolute atomic E-state index is 0.522. The third-order valence-corrected chi connectivity index (χ3v) is 2.89. The molecule has 20 heavy (non-hydrogen) atoms. The van der Waals surface area contributed by atoms with Gasteiger partial charge in [-0.3, -0.25) is 0 Å². The van der Waals surface area contributed by atoms with Gasteiger partial charge in [0.1, 0.15) is 5.75 Å². The maximum absolute atomic E-state index is 5.58. The van der Waals surface area contributed by atoms with Gasteiger partial charge in [0.2, 0.25) is 5.89 Å². The summed E-state index contributed by atoms with van der Waals surface area (Å²) in [6, 6.07) is 8.44. The highest BCUT2D eigenvalue weighted by Gasteiger charge is 2.10. The number of hydrogen-bond donors (Lipinski definition) is 1. The maximum Gasteiger partial charge on any atom is 0.318 e. The minimum Gasteiger partial charge on any atom is -0.497 e. The van der Waals surface area contributed by atoms with Crippen LogP contribution in [0.5, 0.6) is 5.75 Å². The van der Waals surface area contributed by atoms with Gasteiger partial charge in [0.05, 0.1) is 13.7 Å². The van der Waals surface area contributed by atoms with Crippen molar-refractivity contribution in [2.45, 2.75) is 20.0 Å². The van der Waals surface area contributed by atoms with Gasteiger partial charge in [-0.1, -0.05) is 24.2 Å². The summed E-state index contributed by atoms with van der Waals surface area (Å²) in [5, 5.41) is 11.2. The van der Waals surface area contributed by atoms with E-state index in [2.05, 4.69) is 15.5 Å². The second kappa shape index (κ2) is 6.91. The smallest absolute Gasteiger partial charge is 0.318 e. The second-order valence-corrected chi connectivity index (χ2v) is 4.46. The topological polar surface area (TPSA) is 63.4 Å². The molecule has 0 saturated carbocycles. The summed E-state index contributed by atoms with van der Waals surface area (Å²) in [5.74, 6) is 1.45. The van der Waals surface area contributed by atoms with E-state index in [1.807, 2.05) is 43.1 Å². The molecule has 1 heterocycles. The molecule has 0 spiro atoms. The van der Waals surface area contributed by atoms with Crippen molar-refractivity contribution in [3.63, 3.8) is 0 Å². The van der Waals surface area contributed by atoms with Crippen molar-refractivity contribution in [2.24, 2.45) is 0 Å². The van der Waals surface area contributed by atoms with Crippen LogP contribution in [-0.4, -0.2) is 30.9 Å².